The average Bonchev–Trinajstić information content (AvgIpc) is 2.87. The number of carbonyl (C=O) groups is 1. The average molecular weight is 440 g/mol. The van der Waals surface area contributed by atoms with E-state index in [9.17, 15) is 17.6 Å². The lowest BCUT2D eigenvalue weighted by Crippen LogP contribution is -2.25. The highest BCUT2D eigenvalue weighted by Crippen LogP contribution is 2.22. The molecule has 0 fully saturated rings. The zero-order valence-corrected chi connectivity index (χ0v) is 15.9. The molecule has 1 amide bonds. The van der Waals surface area contributed by atoms with Crippen molar-refractivity contribution in [2.75, 3.05) is 6.54 Å². The van der Waals surface area contributed by atoms with Crippen molar-refractivity contribution in [2.45, 2.75) is 17.9 Å². The van der Waals surface area contributed by atoms with E-state index in [0.29, 0.717) is 15.6 Å². The SMILES string of the molecule is O=C(CCN=C1NS(=O)(=O)c2ccccc21)NCc1cc(F)ccc1Br. The van der Waals surface area contributed by atoms with Crippen LogP contribution >= 0.6 is 15.9 Å². The van der Waals surface area contributed by atoms with Crippen molar-refractivity contribution in [3.05, 3.63) is 63.9 Å². The number of amidine groups is 1. The Kier molecular flexibility index (Phi) is 5.38. The number of amides is 1. The van der Waals surface area contributed by atoms with Crippen LogP contribution in [0.5, 0.6) is 0 Å². The van der Waals surface area contributed by atoms with Crippen LogP contribution in [0.1, 0.15) is 17.5 Å². The van der Waals surface area contributed by atoms with Crippen LogP contribution in [0, 0.1) is 5.82 Å². The molecule has 0 spiro atoms. The van der Waals surface area contributed by atoms with Gasteiger partial charge < -0.3 is 5.32 Å². The van der Waals surface area contributed by atoms with Crippen LogP contribution in [0.2, 0.25) is 0 Å². The van der Waals surface area contributed by atoms with Gasteiger partial charge in [-0.2, -0.15) is 0 Å². The summed E-state index contributed by atoms with van der Waals surface area (Å²) in [5.74, 6) is -0.406. The van der Waals surface area contributed by atoms with Gasteiger partial charge in [-0.05, 0) is 35.9 Å². The van der Waals surface area contributed by atoms with Gasteiger partial charge in [0.05, 0.1) is 11.4 Å². The predicted molar refractivity (Wildman–Crippen MR) is 98.7 cm³/mol. The lowest BCUT2D eigenvalue weighted by atomic mass is 10.2. The Labute approximate surface area is 158 Å². The molecule has 0 saturated heterocycles. The summed E-state index contributed by atoms with van der Waals surface area (Å²) in [6, 6.07) is 10.8. The summed E-state index contributed by atoms with van der Waals surface area (Å²) in [6.45, 7) is 0.311. The highest BCUT2D eigenvalue weighted by molar-refractivity contribution is 9.10. The molecule has 1 aliphatic heterocycles. The smallest absolute Gasteiger partial charge is 0.263 e. The van der Waals surface area contributed by atoms with Crippen LogP contribution < -0.4 is 10.0 Å². The molecule has 0 aliphatic carbocycles. The third-order valence-corrected chi connectivity index (χ3v) is 5.93. The number of halogens is 2. The second-order valence-electron chi connectivity index (χ2n) is 5.59. The Bertz CT molecular complexity index is 992. The quantitative estimate of drug-likeness (QED) is 0.749. The van der Waals surface area contributed by atoms with Crippen molar-refractivity contribution in [3.63, 3.8) is 0 Å². The van der Waals surface area contributed by atoms with E-state index in [2.05, 4.69) is 31.0 Å². The molecule has 136 valence electrons. The van der Waals surface area contributed by atoms with Gasteiger partial charge >= 0.3 is 0 Å². The van der Waals surface area contributed by atoms with Crippen molar-refractivity contribution in [2.24, 2.45) is 4.99 Å². The third kappa shape index (κ3) is 4.10. The Hall–Kier alpha value is -2.26. The fourth-order valence-corrected chi connectivity index (χ4v) is 4.12. The monoisotopic (exact) mass is 439 g/mol. The summed E-state index contributed by atoms with van der Waals surface area (Å²) in [7, 11) is -3.58. The number of aliphatic imine (C=N–C) groups is 1. The normalized spacial score (nSPS) is 16.2. The first kappa shape index (κ1) is 18.5. The van der Waals surface area contributed by atoms with Crippen molar-refractivity contribution in [1.82, 2.24) is 10.0 Å². The molecule has 0 radical (unpaired) electrons. The van der Waals surface area contributed by atoms with E-state index in [1.54, 1.807) is 24.3 Å². The number of nitrogens with zero attached hydrogens (tertiary/aromatic N) is 1. The molecule has 6 nitrogen and oxygen atoms in total. The molecule has 2 aromatic carbocycles. The highest BCUT2D eigenvalue weighted by atomic mass is 79.9. The highest BCUT2D eigenvalue weighted by Gasteiger charge is 2.29. The molecule has 3 rings (SSSR count). The van der Waals surface area contributed by atoms with Gasteiger partial charge in [-0.3, -0.25) is 14.5 Å². The van der Waals surface area contributed by atoms with Crippen molar-refractivity contribution in [1.29, 1.82) is 0 Å². The summed E-state index contributed by atoms with van der Waals surface area (Å²) < 4.78 is 40.3. The van der Waals surface area contributed by atoms with Crippen molar-refractivity contribution >= 4 is 37.7 Å². The molecule has 1 heterocycles. The Morgan fingerprint density at radius 1 is 1.23 bits per heavy atom. The summed E-state index contributed by atoms with van der Waals surface area (Å²) in [5, 5.41) is 2.68. The number of fused-ring (bicyclic) bond motifs is 1. The zero-order valence-electron chi connectivity index (χ0n) is 13.5. The molecule has 0 atom stereocenters. The number of sulfonamides is 1. The van der Waals surface area contributed by atoms with Crippen LogP contribution in [-0.4, -0.2) is 26.7 Å². The van der Waals surface area contributed by atoms with Crippen LogP contribution in [0.4, 0.5) is 4.39 Å². The van der Waals surface area contributed by atoms with Gasteiger partial charge in [0.1, 0.15) is 11.7 Å². The van der Waals surface area contributed by atoms with E-state index in [1.807, 2.05) is 0 Å². The lowest BCUT2D eigenvalue weighted by molar-refractivity contribution is -0.121. The number of nitrogens with one attached hydrogen (secondary N) is 2. The molecular formula is C17H15BrFN3O3S. The van der Waals surface area contributed by atoms with E-state index in [1.165, 1.54) is 18.2 Å². The van der Waals surface area contributed by atoms with Gasteiger partial charge in [0, 0.05) is 23.0 Å². The van der Waals surface area contributed by atoms with Gasteiger partial charge in [-0.25, -0.2) is 12.8 Å². The van der Waals surface area contributed by atoms with Crippen molar-refractivity contribution < 1.29 is 17.6 Å². The summed E-state index contributed by atoms with van der Waals surface area (Å²) >= 11 is 3.30. The Morgan fingerprint density at radius 2 is 2.00 bits per heavy atom. The minimum atomic E-state index is -3.58. The molecule has 2 N–H and O–H groups in total. The minimum absolute atomic E-state index is 0.0837. The second-order valence-corrected chi connectivity index (χ2v) is 8.10. The maximum atomic E-state index is 13.2. The zero-order chi connectivity index (χ0) is 18.7. The van der Waals surface area contributed by atoms with Gasteiger partial charge in [0.2, 0.25) is 5.91 Å². The Balaban J connectivity index is 1.57. The molecule has 9 heteroatoms. The molecule has 2 aromatic rings. The maximum absolute atomic E-state index is 13.2. The van der Waals surface area contributed by atoms with Gasteiger partial charge in [-0.15, -0.1) is 0 Å². The summed E-state index contributed by atoms with van der Waals surface area (Å²) in [5.41, 5.74) is 1.12. The third-order valence-electron chi connectivity index (χ3n) is 3.76. The van der Waals surface area contributed by atoms with Gasteiger partial charge in [0.15, 0.2) is 0 Å². The van der Waals surface area contributed by atoms with Crippen LogP contribution in [-0.2, 0) is 21.4 Å². The first-order valence-electron chi connectivity index (χ1n) is 7.74. The van der Waals surface area contributed by atoms with Crippen LogP contribution in [0.3, 0.4) is 0 Å². The van der Waals surface area contributed by atoms with E-state index in [-0.39, 0.29) is 42.0 Å². The molecule has 0 aromatic heterocycles. The molecule has 26 heavy (non-hydrogen) atoms. The Morgan fingerprint density at radius 3 is 2.81 bits per heavy atom. The van der Waals surface area contributed by atoms with Crippen LogP contribution in [0.15, 0.2) is 56.8 Å². The summed E-state index contributed by atoms with van der Waals surface area (Å²) in [6.07, 6.45) is 0.0837. The fourth-order valence-electron chi connectivity index (χ4n) is 2.48. The standard InChI is InChI=1S/C17H15BrFN3O3S/c18-14-6-5-12(19)9-11(14)10-21-16(23)7-8-20-17-13-3-1-2-4-15(13)26(24,25)22-17/h1-6,9H,7-8,10H2,(H,20,22)(H,21,23). The number of hydrogen-bond donors (Lipinski definition) is 2. The molecule has 1 aliphatic rings. The fraction of sp³-hybridized carbons (Fsp3) is 0.176. The van der Waals surface area contributed by atoms with Crippen molar-refractivity contribution in [3.8, 4) is 0 Å². The summed E-state index contributed by atoms with van der Waals surface area (Å²) in [4.78, 5) is 16.3. The molecular weight excluding hydrogens is 425 g/mol. The lowest BCUT2D eigenvalue weighted by Gasteiger charge is -2.07. The molecule has 0 unspecified atom stereocenters. The number of hydrogen-bond acceptors (Lipinski definition) is 4. The first-order valence-corrected chi connectivity index (χ1v) is 10.0. The second kappa shape index (κ2) is 7.55. The van der Waals surface area contributed by atoms with Crippen LogP contribution in [0.25, 0.3) is 0 Å². The van der Waals surface area contributed by atoms with E-state index >= 15 is 0 Å². The molecule has 0 saturated carbocycles. The van der Waals surface area contributed by atoms with E-state index in [0.717, 1.165) is 0 Å². The predicted octanol–water partition coefficient (Wildman–Crippen LogP) is 2.33. The van der Waals surface area contributed by atoms with E-state index in [4.69, 9.17) is 0 Å². The topological polar surface area (TPSA) is 87.6 Å². The largest absolute Gasteiger partial charge is 0.352 e. The number of carbonyl (C=O) groups excluding carboxylic acids is 1. The maximum Gasteiger partial charge on any atom is 0.263 e. The van der Waals surface area contributed by atoms with Gasteiger partial charge in [-0.1, -0.05) is 28.1 Å². The van der Waals surface area contributed by atoms with E-state index < -0.39 is 10.0 Å². The number of benzene rings is 2. The number of rotatable bonds is 5. The minimum Gasteiger partial charge on any atom is -0.352 e. The first-order chi connectivity index (χ1) is 12.4. The molecule has 0 bridgehead atoms. The van der Waals surface area contributed by atoms with Gasteiger partial charge in [0.25, 0.3) is 10.0 Å².